The van der Waals surface area contributed by atoms with Crippen LogP contribution in [0, 0.1) is 0 Å². The van der Waals surface area contributed by atoms with Gasteiger partial charge in [0, 0.05) is 17.1 Å². The summed E-state index contributed by atoms with van der Waals surface area (Å²) in [5, 5.41) is 4.06. The minimum Gasteiger partial charge on any atom is -0.489 e. The second-order valence-electron chi connectivity index (χ2n) is 3.80. The van der Waals surface area contributed by atoms with Gasteiger partial charge in [-0.2, -0.15) is 0 Å². The van der Waals surface area contributed by atoms with Crippen molar-refractivity contribution in [3.63, 3.8) is 0 Å². The Hall–Kier alpha value is -0.890. The summed E-state index contributed by atoms with van der Waals surface area (Å²) in [5.74, 6) is 1.40. The van der Waals surface area contributed by atoms with E-state index in [1.807, 2.05) is 12.1 Å². The van der Waals surface area contributed by atoms with Crippen LogP contribution >= 0.6 is 11.6 Å². The van der Waals surface area contributed by atoms with Crippen LogP contribution in [0.4, 0.5) is 5.69 Å². The lowest BCUT2D eigenvalue weighted by atomic mass is 10.0. The third-order valence-electron chi connectivity index (χ3n) is 2.37. The molecule has 0 atom stereocenters. The zero-order valence-corrected chi connectivity index (χ0v) is 9.19. The maximum atomic E-state index is 6.03. The SMILES string of the molecule is CC(C)c1cc(Cl)cc2c1OCCN2. The number of fused-ring (bicyclic) bond motifs is 1. The van der Waals surface area contributed by atoms with Crippen molar-refractivity contribution in [1.82, 2.24) is 0 Å². The average molecular weight is 212 g/mol. The molecule has 0 saturated heterocycles. The minimum atomic E-state index is 0.433. The van der Waals surface area contributed by atoms with Crippen LogP contribution in [-0.4, -0.2) is 13.2 Å². The van der Waals surface area contributed by atoms with Crippen molar-refractivity contribution >= 4 is 17.3 Å². The topological polar surface area (TPSA) is 21.3 Å². The molecule has 3 heteroatoms. The molecule has 0 saturated carbocycles. The van der Waals surface area contributed by atoms with Gasteiger partial charge in [-0.1, -0.05) is 25.4 Å². The van der Waals surface area contributed by atoms with E-state index in [1.165, 1.54) is 5.56 Å². The Morgan fingerprint density at radius 1 is 1.43 bits per heavy atom. The maximum absolute atomic E-state index is 6.03. The first-order valence-electron chi connectivity index (χ1n) is 4.88. The number of hydrogen-bond acceptors (Lipinski definition) is 2. The van der Waals surface area contributed by atoms with Crippen molar-refractivity contribution in [2.45, 2.75) is 19.8 Å². The second kappa shape index (κ2) is 3.70. The molecule has 1 aliphatic heterocycles. The van der Waals surface area contributed by atoms with Crippen molar-refractivity contribution < 1.29 is 4.74 Å². The van der Waals surface area contributed by atoms with Gasteiger partial charge >= 0.3 is 0 Å². The number of nitrogens with one attached hydrogen (secondary N) is 1. The van der Waals surface area contributed by atoms with Crippen molar-refractivity contribution in [2.75, 3.05) is 18.5 Å². The molecule has 1 N–H and O–H groups in total. The Morgan fingerprint density at radius 2 is 2.21 bits per heavy atom. The summed E-state index contributed by atoms with van der Waals surface area (Å²) in [5.41, 5.74) is 2.20. The summed E-state index contributed by atoms with van der Waals surface area (Å²) >= 11 is 6.03. The fourth-order valence-corrected chi connectivity index (χ4v) is 1.90. The van der Waals surface area contributed by atoms with E-state index in [0.29, 0.717) is 5.92 Å². The molecule has 1 aromatic rings. The lowest BCUT2D eigenvalue weighted by Gasteiger charge is -2.23. The molecule has 0 bridgehead atoms. The molecule has 76 valence electrons. The fourth-order valence-electron chi connectivity index (χ4n) is 1.67. The Morgan fingerprint density at radius 3 is 2.93 bits per heavy atom. The Kier molecular flexibility index (Phi) is 2.55. The van der Waals surface area contributed by atoms with E-state index in [9.17, 15) is 0 Å². The largest absolute Gasteiger partial charge is 0.489 e. The highest BCUT2D eigenvalue weighted by molar-refractivity contribution is 6.31. The molecule has 2 nitrogen and oxygen atoms in total. The van der Waals surface area contributed by atoms with Gasteiger partial charge in [-0.25, -0.2) is 0 Å². The molecule has 1 aliphatic rings. The van der Waals surface area contributed by atoms with Crippen molar-refractivity contribution in [2.24, 2.45) is 0 Å². The number of halogens is 1. The highest BCUT2D eigenvalue weighted by Crippen LogP contribution is 2.38. The molecule has 14 heavy (non-hydrogen) atoms. The van der Waals surface area contributed by atoms with Crippen LogP contribution in [0.1, 0.15) is 25.3 Å². The Bertz CT molecular complexity index is 349. The van der Waals surface area contributed by atoms with Crippen LogP contribution in [-0.2, 0) is 0 Å². The van der Waals surface area contributed by atoms with Crippen LogP contribution < -0.4 is 10.1 Å². The van der Waals surface area contributed by atoms with Crippen LogP contribution in [0.5, 0.6) is 5.75 Å². The van der Waals surface area contributed by atoms with Gasteiger partial charge < -0.3 is 10.1 Å². The molecule has 0 unspecified atom stereocenters. The zero-order valence-electron chi connectivity index (χ0n) is 8.43. The zero-order chi connectivity index (χ0) is 10.1. The van der Waals surface area contributed by atoms with Crippen LogP contribution in [0.3, 0.4) is 0 Å². The molecular formula is C11H14ClNO. The smallest absolute Gasteiger partial charge is 0.146 e. The van der Waals surface area contributed by atoms with E-state index in [0.717, 1.165) is 29.6 Å². The Labute approximate surface area is 89.2 Å². The first-order valence-corrected chi connectivity index (χ1v) is 5.26. The van der Waals surface area contributed by atoms with E-state index < -0.39 is 0 Å². The number of hydrogen-bond donors (Lipinski definition) is 1. The molecule has 0 radical (unpaired) electrons. The summed E-state index contributed by atoms with van der Waals surface area (Å²) < 4.78 is 5.65. The molecule has 1 aromatic carbocycles. The van der Waals surface area contributed by atoms with E-state index >= 15 is 0 Å². The maximum Gasteiger partial charge on any atom is 0.146 e. The molecule has 1 heterocycles. The molecule has 0 fully saturated rings. The molecular weight excluding hydrogens is 198 g/mol. The van der Waals surface area contributed by atoms with Gasteiger partial charge in [-0.05, 0) is 18.1 Å². The van der Waals surface area contributed by atoms with E-state index in [4.69, 9.17) is 16.3 Å². The minimum absolute atomic E-state index is 0.433. The number of benzene rings is 1. The first kappa shape index (κ1) is 9.66. The number of ether oxygens (including phenoxy) is 1. The monoisotopic (exact) mass is 211 g/mol. The van der Waals surface area contributed by atoms with E-state index in [1.54, 1.807) is 0 Å². The molecule has 0 amide bonds. The third-order valence-corrected chi connectivity index (χ3v) is 2.59. The lowest BCUT2D eigenvalue weighted by Crippen LogP contribution is -2.19. The average Bonchev–Trinajstić information content (AvgIpc) is 2.16. The van der Waals surface area contributed by atoms with Gasteiger partial charge in [-0.3, -0.25) is 0 Å². The van der Waals surface area contributed by atoms with Gasteiger partial charge in [0.1, 0.15) is 12.4 Å². The predicted octanol–water partition coefficient (Wildman–Crippen LogP) is 3.27. The molecule has 0 spiro atoms. The lowest BCUT2D eigenvalue weighted by molar-refractivity contribution is 0.318. The summed E-state index contributed by atoms with van der Waals surface area (Å²) in [4.78, 5) is 0. The van der Waals surface area contributed by atoms with Crippen molar-refractivity contribution in [1.29, 1.82) is 0 Å². The standard InChI is InChI=1S/C11H14ClNO/c1-7(2)9-5-8(12)6-10-11(9)14-4-3-13-10/h5-7,13H,3-4H2,1-2H3. The molecule has 0 aromatic heterocycles. The van der Waals surface area contributed by atoms with Gasteiger partial charge in [0.15, 0.2) is 0 Å². The number of anilines is 1. The van der Waals surface area contributed by atoms with E-state index in [-0.39, 0.29) is 0 Å². The summed E-state index contributed by atoms with van der Waals surface area (Å²) in [6, 6.07) is 3.90. The normalized spacial score (nSPS) is 14.6. The molecule has 0 aliphatic carbocycles. The van der Waals surface area contributed by atoms with Gasteiger partial charge in [0.2, 0.25) is 0 Å². The summed E-state index contributed by atoms with van der Waals surface area (Å²) in [6.07, 6.45) is 0. The summed E-state index contributed by atoms with van der Waals surface area (Å²) in [7, 11) is 0. The van der Waals surface area contributed by atoms with Gasteiger partial charge in [0.05, 0.1) is 5.69 Å². The van der Waals surface area contributed by atoms with Gasteiger partial charge in [-0.15, -0.1) is 0 Å². The van der Waals surface area contributed by atoms with Gasteiger partial charge in [0.25, 0.3) is 0 Å². The highest BCUT2D eigenvalue weighted by atomic mass is 35.5. The van der Waals surface area contributed by atoms with E-state index in [2.05, 4.69) is 19.2 Å². The van der Waals surface area contributed by atoms with Crippen LogP contribution in [0.2, 0.25) is 5.02 Å². The quantitative estimate of drug-likeness (QED) is 0.770. The predicted molar refractivity (Wildman–Crippen MR) is 59.5 cm³/mol. The first-order chi connectivity index (χ1) is 6.68. The second-order valence-corrected chi connectivity index (χ2v) is 4.24. The highest BCUT2D eigenvalue weighted by Gasteiger charge is 2.17. The van der Waals surface area contributed by atoms with Crippen molar-refractivity contribution in [3.05, 3.63) is 22.7 Å². The summed E-state index contributed by atoms with van der Waals surface area (Å²) in [6.45, 7) is 5.87. The van der Waals surface area contributed by atoms with Crippen molar-refractivity contribution in [3.8, 4) is 5.75 Å². The van der Waals surface area contributed by atoms with Crippen LogP contribution in [0.25, 0.3) is 0 Å². The fraction of sp³-hybridized carbons (Fsp3) is 0.455. The molecule has 2 rings (SSSR count). The number of rotatable bonds is 1. The van der Waals surface area contributed by atoms with Crippen LogP contribution in [0.15, 0.2) is 12.1 Å². The Balaban J connectivity index is 2.52. The third kappa shape index (κ3) is 1.67.